The van der Waals surface area contributed by atoms with Crippen molar-refractivity contribution >= 4 is 28.5 Å². The summed E-state index contributed by atoms with van der Waals surface area (Å²) in [6.07, 6.45) is 1.88. The van der Waals surface area contributed by atoms with Crippen molar-refractivity contribution < 1.29 is 13.9 Å². The van der Waals surface area contributed by atoms with E-state index < -0.39 is 0 Å². The number of halogens is 1. The molecule has 3 rings (SSSR count). The van der Waals surface area contributed by atoms with Crippen LogP contribution in [0.25, 0.3) is 11.0 Å². The lowest BCUT2D eigenvalue weighted by atomic mass is 10.1. The molecule has 0 aliphatic rings. The number of nitrogens with one attached hydrogen (secondary N) is 1. The van der Waals surface area contributed by atoms with E-state index in [0.717, 1.165) is 22.3 Å². The second kappa shape index (κ2) is 8.46. The van der Waals surface area contributed by atoms with Crippen LogP contribution in [0.5, 0.6) is 5.75 Å². The van der Waals surface area contributed by atoms with Crippen molar-refractivity contribution in [3.8, 4) is 5.75 Å². The maximum Gasteiger partial charge on any atom is 0.224 e. The first-order chi connectivity index (χ1) is 13.0. The molecule has 2 aromatic carbocycles. The molecule has 1 atom stereocenters. The van der Waals surface area contributed by atoms with E-state index in [1.807, 2.05) is 61.5 Å². The lowest BCUT2D eigenvalue weighted by molar-refractivity contribution is -0.120. The average Bonchev–Trinajstić information content (AvgIpc) is 3.05. The van der Waals surface area contributed by atoms with E-state index in [0.29, 0.717) is 17.2 Å². The number of carbonyl (C=O) groups is 1. The van der Waals surface area contributed by atoms with E-state index in [4.69, 9.17) is 20.8 Å². The molecule has 1 heterocycles. The number of hydrogen-bond donors (Lipinski definition) is 1. The predicted octanol–water partition coefficient (Wildman–Crippen LogP) is 4.06. The number of fused-ring (bicyclic) bond motifs is 1. The molecule has 27 heavy (non-hydrogen) atoms. The van der Waals surface area contributed by atoms with Crippen molar-refractivity contribution in [3.05, 3.63) is 64.9 Å². The Balaban J connectivity index is 1.68. The van der Waals surface area contributed by atoms with Gasteiger partial charge in [-0.25, -0.2) is 0 Å². The number of hydrogen-bond acceptors (Lipinski definition) is 4. The number of rotatable bonds is 7. The Hall–Kier alpha value is -2.50. The number of amides is 1. The van der Waals surface area contributed by atoms with Crippen LogP contribution < -0.4 is 10.1 Å². The zero-order valence-corrected chi connectivity index (χ0v) is 16.4. The molecule has 0 radical (unpaired) electrons. The van der Waals surface area contributed by atoms with Crippen LogP contribution in [0.15, 0.2) is 53.1 Å². The van der Waals surface area contributed by atoms with Gasteiger partial charge in [0, 0.05) is 28.6 Å². The zero-order chi connectivity index (χ0) is 19.4. The molecule has 1 amide bonds. The molecule has 1 aromatic heterocycles. The molecule has 0 saturated carbocycles. The monoisotopic (exact) mass is 386 g/mol. The third kappa shape index (κ3) is 4.43. The highest BCUT2D eigenvalue weighted by molar-refractivity contribution is 6.31. The van der Waals surface area contributed by atoms with Crippen LogP contribution in [0, 0.1) is 0 Å². The highest BCUT2D eigenvalue weighted by Crippen LogP contribution is 2.27. The maximum absolute atomic E-state index is 12.5. The number of ether oxygens (including phenoxy) is 1. The SMILES string of the molecule is COc1ccc2c(CC(=O)NCC(c3ccccc3Cl)N(C)C)coc2c1. The van der Waals surface area contributed by atoms with Gasteiger partial charge < -0.3 is 19.4 Å². The second-order valence-corrected chi connectivity index (χ2v) is 7.01. The van der Waals surface area contributed by atoms with Gasteiger partial charge in [0.2, 0.25) is 5.91 Å². The Bertz CT molecular complexity index is 936. The molecule has 0 aliphatic heterocycles. The predicted molar refractivity (Wildman–Crippen MR) is 107 cm³/mol. The normalized spacial score (nSPS) is 12.3. The minimum absolute atomic E-state index is 0.00648. The first-order valence-electron chi connectivity index (χ1n) is 8.71. The fourth-order valence-electron chi connectivity index (χ4n) is 3.09. The number of likely N-dealkylation sites (N-methyl/N-ethyl adjacent to an activating group) is 1. The molecule has 0 saturated heterocycles. The highest BCUT2D eigenvalue weighted by Gasteiger charge is 2.18. The Morgan fingerprint density at radius 3 is 2.74 bits per heavy atom. The summed E-state index contributed by atoms with van der Waals surface area (Å²) in [6.45, 7) is 0.471. The first-order valence-corrected chi connectivity index (χ1v) is 9.09. The Kier molecular flexibility index (Phi) is 6.04. The molecule has 6 heteroatoms. The fraction of sp³-hybridized carbons (Fsp3) is 0.286. The molecule has 5 nitrogen and oxygen atoms in total. The van der Waals surface area contributed by atoms with Crippen LogP contribution in [-0.4, -0.2) is 38.6 Å². The molecule has 0 spiro atoms. The van der Waals surface area contributed by atoms with Gasteiger partial charge in [-0.05, 0) is 37.9 Å². The number of benzene rings is 2. The molecule has 0 aliphatic carbocycles. The third-order valence-electron chi connectivity index (χ3n) is 4.59. The summed E-state index contributed by atoms with van der Waals surface area (Å²) in [7, 11) is 5.55. The van der Waals surface area contributed by atoms with Gasteiger partial charge in [-0.1, -0.05) is 29.8 Å². The number of furan rings is 1. The van der Waals surface area contributed by atoms with E-state index in [9.17, 15) is 4.79 Å². The summed E-state index contributed by atoms with van der Waals surface area (Å²) in [5.74, 6) is 0.661. The van der Waals surface area contributed by atoms with Gasteiger partial charge in [0.15, 0.2) is 0 Å². The molecule has 0 fully saturated rings. The zero-order valence-electron chi connectivity index (χ0n) is 15.7. The number of methoxy groups -OCH3 is 1. The van der Waals surface area contributed by atoms with Crippen molar-refractivity contribution in [2.45, 2.75) is 12.5 Å². The number of nitrogens with zero attached hydrogens (tertiary/aromatic N) is 1. The molecule has 1 N–H and O–H groups in total. The van der Waals surface area contributed by atoms with Crippen molar-refractivity contribution in [3.63, 3.8) is 0 Å². The molecule has 1 unspecified atom stereocenters. The molecule has 142 valence electrons. The summed E-state index contributed by atoms with van der Waals surface area (Å²) in [4.78, 5) is 14.5. The van der Waals surface area contributed by atoms with E-state index in [-0.39, 0.29) is 18.4 Å². The van der Waals surface area contributed by atoms with E-state index in [1.54, 1.807) is 13.4 Å². The van der Waals surface area contributed by atoms with Gasteiger partial charge in [-0.15, -0.1) is 0 Å². The lowest BCUT2D eigenvalue weighted by Gasteiger charge is -2.26. The van der Waals surface area contributed by atoms with Crippen LogP contribution in [0.2, 0.25) is 5.02 Å². The standard InChI is InChI=1S/C21H23ClN2O3/c1-24(2)19(17-6-4-5-7-18(17)22)12-23-21(25)10-14-13-27-20-11-15(26-3)8-9-16(14)20/h4-9,11,13,19H,10,12H2,1-3H3,(H,23,25). The molecule has 3 aromatic rings. The molecular weight excluding hydrogens is 364 g/mol. The van der Waals surface area contributed by atoms with Crippen LogP contribution in [0.4, 0.5) is 0 Å². The average molecular weight is 387 g/mol. The van der Waals surface area contributed by atoms with Crippen molar-refractivity contribution in [1.29, 1.82) is 0 Å². The van der Waals surface area contributed by atoms with Gasteiger partial charge in [0.25, 0.3) is 0 Å². The second-order valence-electron chi connectivity index (χ2n) is 6.60. The molecular formula is C21H23ClN2O3. The highest BCUT2D eigenvalue weighted by atomic mass is 35.5. The van der Waals surface area contributed by atoms with Crippen LogP contribution in [-0.2, 0) is 11.2 Å². The van der Waals surface area contributed by atoms with Gasteiger partial charge >= 0.3 is 0 Å². The first kappa shape index (κ1) is 19.3. The fourth-order valence-corrected chi connectivity index (χ4v) is 3.35. The maximum atomic E-state index is 12.5. The van der Waals surface area contributed by atoms with E-state index in [1.165, 1.54) is 0 Å². The smallest absolute Gasteiger partial charge is 0.224 e. The van der Waals surface area contributed by atoms with Gasteiger partial charge in [0.05, 0.1) is 25.8 Å². The van der Waals surface area contributed by atoms with E-state index >= 15 is 0 Å². The van der Waals surface area contributed by atoms with Crippen molar-refractivity contribution in [1.82, 2.24) is 10.2 Å². The Morgan fingerprint density at radius 1 is 1.26 bits per heavy atom. The number of carbonyl (C=O) groups excluding carboxylic acids is 1. The van der Waals surface area contributed by atoms with Gasteiger partial charge in [0.1, 0.15) is 11.3 Å². The summed E-state index contributed by atoms with van der Waals surface area (Å²) in [6, 6.07) is 13.3. The quantitative estimate of drug-likeness (QED) is 0.665. The van der Waals surface area contributed by atoms with Crippen molar-refractivity contribution in [2.75, 3.05) is 27.7 Å². The Labute approximate surface area is 163 Å². The molecule has 0 bridgehead atoms. The minimum Gasteiger partial charge on any atom is -0.497 e. The summed E-state index contributed by atoms with van der Waals surface area (Å²) in [5.41, 5.74) is 2.55. The Morgan fingerprint density at radius 2 is 2.04 bits per heavy atom. The third-order valence-corrected chi connectivity index (χ3v) is 4.94. The topological polar surface area (TPSA) is 54.7 Å². The minimum atomic E-state index is -0.0626. The van der Waals surface area contributed by atoms with Crippen LogP contribution in [0.1, 0.15) is 17.2 Å². The van der Waals surface area contributed by atoms with Gasteiger partial charge in [-0.3, -0.25) is 4.79 Å². The lowest BCUT2D eigenvalue weighted by Crippen LogP contribution is -2.35. The van der Waals surface area contributed by atoms with Crippen LogP contribution >= 0.6 is 11.6 Å². The summed E-state index contributed by atoms with van der Waals surface area (Å²) in [5, 5.41) is 4.62. The van der Waals surface area contributed by atoms with Crippen molar-refractivity contribution in [2.24, 2.45) is 0 Å². The van der Waals surface area contributed by atoms with E-state index in [2.05, 4.69) is 5.32 Å². The summed E-state index contributed by atoms with van der Waals surface area (Å²) >= 11 is 6.32. The summed E-state index contributed by atoms with van der Waals surface area (Å²) < 4.78 is 10.8. The largest absolute Gasteiger partial charge is 0.497 e. The van der Waals surface area contributed by atoms with Crippen LogP contribution in [0.3, 0.4) is 0 Å². The van der Waals surface area contributed by atoms with Gasteiger partial charge in [-0.2, -0.15) is 0 Å².